The molecule has 1 fully saturated rings. The molecule has 2 aliphatic rings. The molecule has 2 atom stereocenters. The maximum atomic E-state index is 12.8. The fraction of sp³-hybridized carbons (Fsp3) is 0.833. The minimum atomic E-state index is -4.16. The van der Waals surface area contributed by atoms with Gasteiger partial charge in [0, 0.05) is 18.8 Å². The normalized spacial score (nSPS) is 27.4. The van der Waals surface area contributed by atoms with E-state index in [-0.39, 0.29) is 19.6 Å². The second kappa shape index (κ2) is 6.24. The van der Waals surface area contributed by atoms with Crippen molar-refractivity contribution in [2.24, 2.45) is 10.9 Å². The highest BCUT2D eigenvalue weighted by molar-refractivity contribution is 8.14. The van der Waals surface area contributed by atoms with E-state index >= 15 is 0 Å². The summed E-state index contributed by atoms with van der Waals surface area (Å²) in [5, 5.41) is 0.539. The predicted molar refractivity (Wildman–Crippen MR) is 70.7 cm³/mol. The number of piperidine rings is 1. The zero-order chi connectivity index (χ0) is 14.8. The predicted octanol–water partition coefficient (Wildman–Crippen LogP) is 2.30. The van der Waals surface area contributed by atoms with Crippen molar-refractivity contribution in [1.29, 1.82) is 0 Å². The van der Waals surface area contributed by atoms with Crippen molar-refractivity contribution in [2.75, 3.05) is 25.4 Å². The summed E-state index contributed by atoms with van der Waals surface area (Å²) in [5.41, 5.74) is 0. The number of thioether (sulfide) groups is 1. The molecule has 0 aromatic rings. The molecule has 1 saturated heterocycles. The zero-order valence-electron chi connectivity index (χ0n) is 11.2. The van der Waals surface area contributed by atoms with E-state index in [1.807, 2.05) is 0 Å². The lowest BCUT2D eigenvalue weighted by molar-refractivity contribution is -0.183. The van der Waals surface area contributed by atoms with Crippen LogP contribution in [0.25, 0.3) is 0 Å². The van der Waals surface area contributed by atoms with Gasteiger partial charge in [0.2, 0.25) is 0 Å². The Hall–Kier alpha value is -0.920. The molecule has 0 saturated carbocycles. The van der Waals surface area contributed by atoms with Gasteiger partial charge in [-0.2, -0.15) is 13.2 Å². The average molecular weight is 310 g/mol. The fourth-order valence-electron chi connectivity index (χ4n) is 2.31. The molecule has 20 heavy (non-hydrogen) atoms. The molecule has 0 aliphatic carbocycles. The van der Waals surface area contributed by atoms with Gasteiger partial charge in [-0.05, 0) is 19.8 Å². The highest BCUT2D eigenvalue weighted by Crippen LogP contribution is 2.35. The van der Waals surface area contributed by atoms with Crippen molar-refractivity contribution < 1.29 is 22.7 Å². The molecule has 0 aromatic carbocycles. The number of halogens is 3. The van der Waals surface area contributed by atoms with Crippen LogP contribution in [0.3, 0.4) is 0 Å². The SMILES string of the molecule is CCOC(=O)C1CSC(N2CCCC(C(F)(F)F)C2)=N1. The maximum absolute atomic E-state index is 12.8. The van der Waals surface area contributed by atoms with Crippen molar-refractivity contribution in [1.82, 2.24) is 4.90 Å². The third-order valence-electron chi connectivity index (χ3n) is 3.35. The monoisotopic (exact) mass is 310 g/mol. The zero-order valence-corrected chi connectivity index (χ0v) is 12.0. The minimum Gasteiger partial charge on any atom is -0.464 e. The van der Waals surface area contributed by atoms with Crippen molar-refractivity contribution >= 4 is 22.9 Å². The van der Waals surface area contributed by atoms with E-state index in [4.69, 9.17) is 4.74 Å². The Morgan fingerprint density at radius 2 is 2.30 bits per heavy atom. The number of carbonyl (C=O) groups is 1. The summed E-state index contributed by atoms with van der Waals surface area (Å²) >= 11 is 1.33. The molecule has 0 N–H and O–H groups in total. The van der Waals surface area contributed by atoms with Crippen LogP contribution in [0.15, 0.2) is 4.99 Å². The van der Waals surface area contributed by atoms with Crippen LogP contribution in [0.1, 0.15) is 19.8 Å². The molecule has 0 amide bonds. The van der Waals surface area contributed by atoms with Crippen molar-refractivity contribution in [3.8, 4) is 0 Å². The van der Waals surface area contributed by atoms with Gasteiger partial charge in [0.1, 0.15) is 0 Å². The van der Waals surface area contributed by atoms with Crippen molar-refractivity contribution in [2.45, 2.75) is 32.0 Å². The van der Waals surface area contributed by atoms with Crippen LogP contribution < -0.4 is 0 Å². The maximum Gasteiger partial charge on any atom is 0.393 e. The second-order valence-corrected chi connectivity index (χ2v) is 5.80. The summed E-state index contributed by atoms with van der Waals surface area (Å²) in [7, 11) is 0. The largest absolute Gasteiger partial charge is 0.464 e. The third-order valence-corrected chi connectivity index (χ3v) is 4.45. The van der Waals surface area contributed by atoms with Crippen LogP contribution in [-0.2, 0) is 9.53 Å². The van der Waals surface area contributed by atoms with Crippen LogP contribution >= 0.6 is 11.8 Å². The number of ether oxygens (including phenoxy) is 1. The Morgan fingerprint density at radius 1 is 1.55 bits per heavy atom. The molecule has 4 nitrogen and oxygen atoms in total. The molecule has 2 aliphatic heterocycles. The first kappa shape index (κ1) is 15.5. The number of hydrogen-bond acceptors (Lipinski definition) is 5. The number of hydrogen-bond donors (Lipinski definition) is 0. The quantitative estimate of drug-likeness (QED) is 0.734. The van der Waals surface area contributed by atoms with Crippen LogP contribution in [-0.4, -0.2) is 53.7 Å². The Kier molecular flexibility index (Phi) is 4.82. The number of amidine groups is 1. The van der Waals surface area contributed by atoms with Gasteiger partial charge >= 0.3 is 12.1 Å². The van der Waals surface area contributed by atoms with Crippen LogP contribution in [0, 0.1) is 5.92 Å². The Morgan fingerprint density at radius 3 is 2.95 bits per heavy atom. The summed E-state index contributed by atoms with van der Waals surface area (Å²) in [6, 6.07) is -0.582. The number of esters is 1. The van der Waals surface area contributed by atoms with E-state index in [0.29, 0.717) is 23.9 Å². The van der Waals surface area contributed by atoms with E-state index in [9.17, 15) is 18.0 Å². The Balaban J connectivity index is 1.98. The van der Waals surface area contributed by atoms with E-state index in [2.05, 4.69) is 4.99 Å². The van der Waals surface area contributed by atoms with Crippen LogP contribution in [0.4, 0.5) is 13.2 Å². The van der Waals surface area contributed by atoms with Gasteiger partial charge in [0.25, 0.3) is 0 Å². The molecular formula is C12H17F3N2O2S. The van der Waals surface area contributed by atoms with Crippen LogP contribution in [0.5, 0.6) is 0 Å². The Bertz CT molecular complexity index is 401. The van der Waals surface area contributed by atoms with E-state index < -0.39 is 24.1 Å². The van der Waals surface area contributed by atoms with Gasteiger partial charge in [-0.1, -0.05) is 11.8 Å². The minimum absolute atomic E-state index is 0.0646. The number of aliphatic imine (C=N–C) groups is 1. The van der Waals surface area contributed by atoms with Gasteiger partial charge < -0.3 is 9.64 Å². The van der Waals surface area contributed by atoms with Gasteiger partial charge in [-0.15, -0.1) is 0 Å². The first-order valence-electron chi connectivity index (χ1n) is 6.60. The molecule has 0 spiro atoms. The summed E-state index contributed by atoms with van der Waals surface area (Å²) in [5.74, 6) is -1.26. The number of alkyl halides is 3. The molecule has 8 heteroatoms. The number of carbonyl (C=O) groups excluding carboxylic acids is 1. The summed E-state index contributed by atoms with van der Waals surface area (Å²) in [4.78, 5) is 17.4. The van der Waals surface area contributed by atoms with Gasteiger partial charge in [-0.25, -0.2) is 9.79 Å². The van der Waals surface area contributed by atoms with Gasteiger partial charge in [0.05, 0.1) is 12.5 Å². The molecular weight excluding hydrogens is 293 g/mol. The second-order valence-electron chi connectivity index (χ2n) is 4.82. The van der Waals surface area contributed by atoms with Gasteiger partial charge in [0.15, 0.2) is 11.2 Å². The summed E-state index contributed by atoms with van der Waals surface area (Å²) in [6.45, 7) is 2.49. The van der Waals surface area contributed by atoms with E-state index in [1.54, 1.807) is 11.8 Å². The molecule has 0 aromatic heterocycles. The first-order valence-corrected chi connectivity index (χ1v) is 7.59. The average Bonchev–Trinajstić information content (AvgIpc) is 2.88. The summed E-state index contributed by atoms with van der Waals surface area (Å²) in [6.07, 6.45) is -3.50. The number of rotatable bonds is 2. The highest BCUT2D eigenvalue weighted by Gasteiger charge is 2.43. The molecule has 0 radical (unpaired) electrons. The molecule has 2 rings (SSSR count). The van der Waals surface area contributed by atoms with Crippen LogP contribution in [0.2, 0.25) is 0 Å². The lowest BCUT2D eigenvalue weighted by Gasteiger charge is -2.34. The number of likely N-dealkylation sites (tertiary alicyclic amines) is 1. The third kappa shape index (κ3) is 3.59. The molecule has 114 valence electrons. The molecule has 2 heterocycles. The highest BCUT2D eigenvalue weighted by atomic mass is 32.2. The molecule has 2 unspecified atom stereocenters. The number of nitrogens with zero attached hydrogens (tertiary/aromatic N) is 2. The lowest BCUT2D eigenvalue weighted by atomic mass is 9.98. The smallest absolute Gasteiger partial charge is 0.393 e. The van der Waals surface area contributed by atoms with Crippen molar-refractivity contribution in [3.05, 3.63) is 0 Å². The Labute approximate surface area is 119 Å². The summed E-state index contributed by atoms with van der Waals surface area (Å²) < 4.78 is 43.2. The lowest BCUT2D eigenvalue weighted by Crippen LogP contribution is -2.43. The van der Waals surface area contributed by atoms with Crippen molar-refractivity contribution in [3.63, 3.8) is 0 Å². The van der Waals surface area contributed by atoms with E-state index in [1.165, 1.54) is 11.8 Å². The van der Waals surface area contributed by atoms with E-state index in [0.717, 1.165) is 0 Å². The standard InChI is InChI=1S/C12H17F3N2O2S/c1-2-19-10(18)9-7-20-11(16-9)17-5-3-4-8(6-17)12(13,14)15/h8-9H,2-7H2,1H3. The molecule has 0 bridgehead atoms. The topological polar surface area (TPSA) is 41.9 Å². The fourth-order valence-corrected chi connectivity index (χ4v) is 3.38. The first-order chi connectivity index (χ1) is 9.41. The van der Waals surface area contributed by atoms with Gasteiger partial charge in [-0.3, -0.25) is 0 Å².